The van der Waals surface area contributed by atoms with E-state index in [1.54, 1.807) is 4.72 Å². The Morgan fingerprint density at radius 3 is 1.62 bits per heavy atom. The second-order valence-electron chi connectivity index (χ2n) is 5.76. The minimum atomic E-state index is -5.13. The Bertz CT molecular complexity index is 960. The summed E-state index contributed by atoms with van der Waals surface area (Å²) in [4.78, 5) is -0.852. The highest BCUT2D eigenvalue weighted by Crippen LogP contribution is 2.36. The van der Waals surface area contributed by atoms with E-state index in [2.05, 4.69) is 0 Å². The number of halogens is 9. The molecule has 0 saturated carbocycles. The van der Waals surface area contributed by atoms with Gasteiger partial charge in [-0.25, -0.2) is 13.1 Å². The molecule has 0 radical (unpaired) electrons. The summed E-state index contributed by atoms with van der Waals surface area (Å²) >= 11 is 0. The molecular weight excluding hydrogens is 441 g/mol. The molecule has 2 aromatic carbocycles. The van der Waals surface area contributed by atoms with Gasteiger partial charge < -0.3 is 0 Å². The zero-order valence-corrected chi connectivity index (χ0v) is 14.7. The summed E-state index contributed by atoms with van der Waals surface area (Å²) in [7, 11) is -4.65. The fraction of sp³-hybridized carbons (Fsp3) is 0.250. The van der Waals surface area contributed by atoms with E-state index >= 15 is 0 Å². The molecule has 0 bridgehead atoms. The molecule has 2 aromatic rings. The third kappa shape index (κ3) is 5.85. The van der Waals surface area contributed by atoms with Crippen molar-refractivity contribution in [1.29, 1.82) is 0 Å². The zero-order valence-electron chi connectivity index (χ0n) is 13.9. The Balaban J connectivity index is 2.35. The van der Waals surface area contributed by atoms with Gasteiger partial charge in [0.1, 0.15) is 0 Å². The van der Waals surface area contributed by atoms with E-state index in [0.29, 0.717) is 18.2 Å². The van der Waals surface area contributed by atoms with Gasteiger partial charge in [0.25, 0.3) is 0 Å². The van der Waals surface area contributed by atoms with Gasteiger partial charge in [-0.15, -0.1) is 0 Å². The fourth-order valence-corrected chi connectivity index (χ4v) is 3.29. The molecule has 0 amide bonds. The van der Waals surface area contributed by atoms with Crippen LogP contribution >= 0.6 is 0 Å². The smallest absolute Gasteiger partial charge is 0.207 e. The molecule has 0 aliphatic rings. The van der Waals surface area contributed by atoms with Gasteiger partial charge in [0, 0.05) is 6.54 Å². The third-order valence-electron chi connectivity index (χ3n) is 3.59. The van der Waals surface area contributed by atoms with Crippen molar-refractivity contribution >= 4 is 10.0 Å². The molecule has 0 atom stereocenters. The molecule has 29 heavy (non-hydrogen) atoms. The van der Waals surface area contributed by atoms with E-state index in [0.717, 1.165) is 12.1 Å². The van der Waals surface area contributed by atoms with Crippen LogP contribution in [0.15, 0.2) is 47.4 Å². The van der Waals surface area contributed by atoms with E-state index in [-0.39, 0.29) is 12.1 Å². The normalized spacial score (nSPS) is 13.6. The number of nitrogens with one attached hydrogen (secondary N) is 1. The number of hydrogen-bond acceptors (Lipinski definition) is 2. The topological polar surface area (TPSA) is 46.2 Å². The van der Waals surface area contributed by atoms with Crippen LogP contribution in [0.4, 0.5) is 39.5 Å². The highest BCUT2D eigenvalue weighted by atomic mass is 32.2. The molecule has 13 heteroatoms. The maximum absolute atomic E-state index is 12.8. The maximum atomic E-state index is 12.8. The fourth-order valence-electron chi connectivity index (χ4n) is 2.22. The minimum absolute atomic E-state index is 0.134. The van der Waals surface area contributed by atoms with Crippen LogP contribution < -0.4 is 4.72 Å². The summed E-state index contributed by atoms with van der Waals surface area (Å²) in [6.45, 7) is -1.01. The van der Waals surface area contributed by atoms with Crippen molar-refractivity contribution in [1.82, 2.24) is 4.72 Å². The third-order valence-corrected chi connectivity index (χ3v) is 4.98. The monoisotopic (exact) mass is 451 g/mol. The van der Waals surface area contributed by atoms with Crippen molar-refractivity contribution in [2.75, 3.05) is 0 Å². The van der Waals surface area contributed by atoms with E-state index in [4.69, 9.17) is 0 Å². The quantitative estimate of drug-likeness (QED) is 0.648. The predicted molar refractivity (Wildman–Crippen MR) is 81.9 cm³/mol. The van der Waals surface area contributed by atoms with Crippen LogP contribution in [0.3, 0.4) is 0 Å². The first-order valence-electron chi connectivity index (χ1n) is 7.45. The molecule has 0 saturated heterocycles. The Labute approximate surface area is 158 Å². The average Bonchev–Trinajstić information content (AvgIpc) is 2.58. The standard InChI is InChI=1S/C16H10F9NO2S/c17-14(18,19)10-2-1-3-13(7-10)29(27,28)26-8-9-4-11(15(20,21)22)6-12(5-9)16(23,24)25/h1-7,26H,8H2. The van der Waals surface area contributed by atoms with Crippen LogP contribution in [0, 0.1) is 0 Å². The predicted octanol–water partition coefficient (Wildman–Crippen LogP) is 5.22. The lowest BCUT2D eigenvalue weighted by Crippen LogP contribution is -2.24. The Morgan fingerprint density at radius 1 is 0.690 bits per heavy atom. The van der Waals surface area contributed by atoms with Crippen LogP contribution in [0.5, 0.6) is 0 Å². The molecule has 0 spiro atoms. The maximum Gasteiger partial charge on any atom is 0.416 e. The molecule has 160 valence electrons. The summed E-state index contributed by atoms with van der Waals surface area (Å²) in [6.07, 6.45) is -15.1. The zero-order chi connectivity index (χ0) is 22.3. The highest BCUT2D eigenvalue weighted by Gasteiger charge is 2.37. The molecule has 1 N–H and O–H groups in total. The van der Waals surface area contributed by atoms with Crippen molar-refractivity contribution in [2.24, 2.45) is 0 Å². The van der Waals surface area contributed by atoms with Gasteiger partial charge in [-0.1, -0.05) is 6.07 Å². The van der Waals surface area contributed by atoms with Crippen molar-refractivity contribution in [3.63, 3.8) is 0 Å². The van der Waals surface area contributed by atoms with Gasteiger partial charge in [0.05, 0.1) is 21.6 Å². The summed E-state index contributed by atoms with van der Waals surface area (Å²) < 4.78 is 141. The lowest BCUT2D eigenvalue weighted by Gasteiger charge is -2.15. The van der Waals surface area contributed by atoms with E-state index < -0.39 is 62.2 Å². The number of hydrogen-bond donors (Lipinski definition) is 1. The van der Waals surface area contributed by atoms with Crippen molar-refractivity contribution in [2.45, 2.75) is 30.0 Å². The largest absolute Gasteiger partial charge is 0.416 e. The van der Waals surface area contributed by atoms with Gasteiger partial charge >= 0.3 is 18.5 Å². The summed E-state index contributed by atoms with van der Waals surface area (Å²) in [6, 6.07) is 2.96. The van der Waals surface area contributed by atoms with Crippen LogP contribution in [-0.2, 0) is 35.1 Å². The van der Waals surface area contributed by atoms with E-state index in [1.807, 2.05) is 0 Å². The molecule has 0 aliphatic heterocycles. The molecule has 0 aliphatic carbocycles. The number of rotatable bonds is 4. The molecular formula is C16H10F9NO2S. The van der Waals surface area contributed by atoms with Crippen molar-refractivity contribution in [3.05, 3.63) is 64.7 Å². The SMILES string of the molecule is O=S(=O)(NCc1cc(C(F)(F)F)cc(C(F)(F)F)c1)c1cccc(C(F)(F)F)c1. The minimum Gasteiger partial charge on any atom is -0.207 e. The molecule has 0 fully saturated rings. The first kappa shape index (κ1) is 23.0. The van der Waals surface area contributed by atoms with Gasteiger partial charge in [-0.2, -0.15) is 39.5 Å². The number of alkyl halides is 9. The summed E-state index contributed by atoms with van der Waals surface area (Å²) in [5.74, 6) is 0. The van der Waals surface area contributed by atoms with Gasteiger partial charge in [-0.3, -0.25) is 0 Å². The number of sulfonamides is 1. The highest BCUT2D eigenvalue weighted by molar-refractivity contribution is 7.89. The Kier molecular flexibility index (Phi) is 5.96. The van der Waals surface area contributed by atoms with Crippen LogP contribution in [0.25, 0.3) is 0 Å². The van der Waals surface area contributed by atoms with Gasteiger partial charge in [0.15, 0.2) is 0 Å². The second-order valence-corrected chi connectivity index (χ2v) is 7.53. The van der Waals surface area contributed by atoms with Gasteiger partial charge in [0.2, 0.25) is 10.0 Å². The van der Waals surface area contributed by atoms with Crippen LogP contribution in [0.1, 0.15) is 22.3 Å². The molecule has 0 heterocycles. The summed E-state index contributed by atoms with van der Waals surface area (Å²) in [5.41, 5.74) is -5.28. The molecule has 2 rings (SSSR count). The molecule has 0 aromatic heterocycles. The Hall–Kier alpha value is -2.28. The first-order valence-corrected chi connectivity index (χ1v) is 8.94. The van der Waals surface area contributed by atoms with E-state index in [9.17, 15) is 47.9 Å². The van der Waals surface area contributed by atoms with Crippen LogP contribution in [0.2, 0.25) is 0 Å². The first-order chi connectivity index (χ1) is 13.0. The lowest BCUT2D eigenvalue weighted by molar-refractivity contribution is -0.143. The van der Waals surface area contributed by atoms with E-state index in [1.165, 1.54) is 0 Å². The van der Waals surface area contributed by atoms with Gasteiger partial charge in [-0.05, 0) is 42.0 Å². The lowest BCUT2D eigenvalue weighted by atomic mass is 10.0. The van der Waals surface area contributed by atoms with Crippen LogP contribution in [-0.4, -0.2) is 8.42 Å². The van der Waals surface area contributed by atoms with Crippen molar-refractivity contribution < 1.29 is 47.9 Å². The molecule has 0 unspecified atom stereocenters. The Morgan fingerprint density at radius 2 is 1.17 bits per heavy atom. The summed E-state index contributed by atoms with van der Waals surface area (Å²) in [5, 5.41) is 0. The molecule has 3 nitrogen and oxygen atoms in total. The van der Waals surface area contributed by atoms with Crippen molar-refractivity contribution in [3.8, 4) is 0 Å². The number of benzene rings is 2. The average molecular weight is 451 g/mol. The second kappa shape index (κ2) is 7.52.